The fourth-order valence-corrected chi connectivity index (χ4v) is 1.38. The fourth-order valence-electron chi connectivity index (χ4n) is 1.38. The number of nitrogens with zero attached hydrogens (tertiary/aromatic N) is 1. The predicted molar refractivity (Wildman–Crippen MR) is 54.4 cm³/mol. The van der Waals surface area contributed by atoms with E-state index in [4.69, 9.17) is 5.90 Å². The van der Waals surface area contributed by atoms with Crippen molar-refractivity contribution >= 4 is 0 Å². The second-order valence-electron chi connectivity index (χ2n) is 3.62. The minimum absolute atomic E-state index is 0.00990. The van der Waals surface area contributed by atoms with Gasteiger partial charge in [0.1, 0.15) is 11.6 Å². The lowest BCUT2D eigenvalue weighted by molar-refractivity contribution is 0.121. The molecular formula is C10H15FN2O2. The van der Waals surface area contributed by atoms with E-state index in [-0.39, 0.29) is 12.4 Å². The lowest BCUT2D eigenvalue weighted by Gasteiger charge is -2.13. The van der Waals surface area contributed by atoms with Crippen LogP contribution >= 0.6 is 0 Å². The highest BCUT2D eigenvalue weighted by molar-refractivity contribution is 5.40. The molecule has 0 aliphatic rings. The van der Waals surface area contributed by atoms with Crippen molar-refractivity contribution in [2.45, 2.75) is 13.2 Å². The van der Waals surface area contributed by atoms with Gasteiger partial charge in [0.15, 0.2) is 0 Å². The third-order valence-corrected chi connectivity index (χ3v) is 1.96. The Morgan fingerprint density at radius 1 is 1.40 bits per heavy atom. The van der Waals surface area contributed by atoms with Crippen LogP contribution in [-0.2, 0) is 18.0 Å². The number of hydrogen-bond donors (Lipinski definition) is 2. The molecule has 0 heterocycles. The first-order valence-corrected chi connectivity index (χ1v) is 4.51. The maximum absolute atomic E-state index is 13.2. The van der Waals surface area contributed by atoms with E-state index < -0.39 is 5.82 Å². The quantitative estimate of drug-likeness (QED) is 0.734. The molecule has 0 radical (unpaired) electrons. The number of phenols is 1. The molecular weight excluding hydrogens is 199 g/mol. The van der Waals surface area contributed by atoms with Crippen LogP contribution in [0.4, 0.5) is 4.39 Å². The van der Waals surface area contributed by atoms with E-state index >= 15 is 0 Å². The molecule has 0 saturated heterocycles. The fraction of sp³-hybridized carbons (Fsp3) is 0.400. The minimum atomic E-state index is -0.406. The molecule has 5 heteroatoms. The Balaban J connectivity index is 3.04. The molecule has 0 aliphatic carbocycles. The molecule has 15 heavy (non-hydrogen) atoms. The second kappa shape index (κ2) is 5.06. The second-order valence-corrected chi connectivity index (χ2v) is 3.62. The highest BCUT2D eigenvalue weighted by Gasteiger charge is 2.10. The normalized spacial score (nSPS) is 11.0. The highest BCUT2D eigenvalue weighted by atomic mass is 19.1. The molecule has 0 bridgehead atoms. The molecule has 84 valence electrons. The van der Waals surface area contributed by atoms with Gasteiger partial charge in [-0.3, -0.25) is 4.84 Å². The van der Waals surface area contributed by atoms with Crippen LogP contribution in [0.25, 0.3) is 0 Å². The third kappa shape index (κ3) is 3.16. The standard InChI is InChI=1S/C10H15FN2O2/c1-13(2)5-7-3-9(11)4-8(6-15-12)10(7)14/h3-4,14H,5-6,12H2,1-2H3. The van der Waals surface area contributed by atoms with Gasteiger partial charge in [0.2, 0.25) is 0 Å². The van der Waals surface area contributed by atoms with Crippen LogP contribution in [0.1, 0.15) is 11.1 Å². The maximum Gasteiger partial charge on any atom is 0.125 e. The summed E-state index contributed by atoms with van der Waals surface area (Å²) in [5, 5.41) is 9.76. The molecule has 0 amide bonds. The van der Waals surface area contributed by atoms with Gasteiger partial charge >= 0.3 is 0 Å². The Hall–Kier alpha value is -1.17. The smallest absolute Gasteiger partial charge is 0.125 e. The first-order valence-electron chi connectivity index (χ1n) is 4.51. The summed E-state index contributed by atoms with van der Waals surface area (Å²) < 4.78 is 13.2. The SMILES string of the molecule is CN(C)Cc1cc(F)cc(CON)c1O. The summed E-state index contributed by atoms with van der Waals surface area (Å²) in [6.07, 6.45) is 0. The third-order valence-electron chi connectivity index (χ3n) is 1.96. The predicted octanol–water partition coefficient (Wildman–Crippen LogP) is 0.983. The van der Waals surface area contributed by atoms with Gasteiger partial charge in [0.25, 0.3) is 0 Å². The van der Waals surface area contributed by atoms with E-state index in [0.29, 0.717) is 17.7 Å². The minimum Gasteiger partial charge on any atom is -0.507 e. The highest BCUT2D eigenvalue weighted by Crippen LogP contribution is 2.25. The topological polar surface area (TPSA) is 58.7 Å². The van der Waals surface area contributed by atoms with Crippen molar-refractivity contribution in [1.82, 2.24) is 4.90 Å². The van der Waals surface area contributed by atoms with Gasteiger partial charge in [0, 0.05) is 17.7 Å². The molecule has 0 spiro atoms. The summed E-state index contributed by atoms with van der Waals surface area (Å²) in [4.78, 5) is 6.22. The van der Waals surface area contributed by atoms with Crippen LogP contribution in [0.2, 0.25) is 0 Å². The van der Waals surface area contributed by atoms with Crippen molar-refractivity contribution in [3.63, 3.8) is 0 Å². The summed E-state index contributed by atoms with van der Waals surface area (Å²) in [7, 11) is 3.67. The van der Waals surface area contributed by atoms with Crippen LogP contribution in [0.3, 0.4) is 0 Å². The van der Waals surface area contributed by atoms with Gasteiger partial charge in [-0.05, 0) is 26.2 Å². The van der Waals surface area contributed by atoms with Crippen LogP contribution in [0, 0.1) is 5.82 Å². The van der Waals surface area contributed by atoms with Gasteiger partial charge in [-0.1, -0.05) is 0 Å². The molecule has 0 aliphatic heterocycles. The zero-order valence-electron chi connectivity index (χ0n) is 8.83. The van der Waals surface area contributed by atoms with Crippen molar-refractivity contribution in [3.8, 4) is 5.75 Å². The van der Waals surface area contributed by atoms with Gasteiger partial charge in [-0.2, -0.15) is 0 Å². The van der Waals surface area contributed by atoms with E-state index in [1.54, 1.807) is 0 Å². The van der Waals surface area contributed by atoms with E-state index in [0.717, 1.165) is 0 Å². The molecule has 1 aromatic carbocycles. The van der Waals surface area contributed by atoms with Crippen LogP contribution in [0.5, 0.6) is 5.75 Å². The Kier molecular flexibility index (Phi) is 4.02. The van der Waals surface area contributed by atoms with Crippen LogP contribution in [0.15, 0.2) is 12.1 Å². The lowest BCUT2D eigenvalue weighted by atomic mass is 10.1. The number of hydrogen-bond acceptors (Lipinski definition) is 4. The van der Waals surface area contributed by atoms with E-state index in [1.807, 2.05) is 19.0 Å². The lowest BCUT2D eigenvalue weighted by Crippen LogP contribution is -2.12. The molecule has 1 rings (SSSR count). The molecule has 3 N–H and O–H groups in total. The van der Waals surface area contributed by atoms with Crippen molar-refractivity contribution in [3.05, 3.63) is 29.1 Å². The number of rotatable bonds is 4. The van der Waals surface area contributed by atoms with Gasteiger partial charge < -0.3 is 10.0 Å². The monoisotopic (exact) mass is 214 g/mol. The van der Waals surface area contributed by atoms with E-state index in [1.165, 1.54) is 12.1 Å². The summed E-state index contributed by atoms with van der Waals surface area (Å²) in [5.41, 5.74) is 0.876. The summed E-state index contributed by atoms with van der Waals surface area (Å²) >= 11 is 0. The number of aromatic hydroxyl groups is 1. The number of benzene rings is 1. The van der Waals surface area contributed by atoms with Crippen molar-refractivity contribution < 1.29 is 14.3 Å². The molecule has 1 aromatic rings. The molecule has 0 atom stereocenters. The first kappa shape index (κ1) is 11.9. The van der Waals surface area contributed by atoms with Crippen molar-refractivity contribution in [2.75, 3.05) is 14.1 Å². The number of nitrogens with two attached hydrogens (primary N) is 1. The largest absolute Gasteiger partial charge is 0.507 e. The average Bonchev–Trinajstić information content (AvgIpc) is 2.12. The van der Waals surface area contributed by atoms with Gasteiger partial charge in [0.05, 0.1) is 6.61 Å². The van der Waals surface area contributed by atoms with E-state index in [2.05, 4.69) is 4.84 Å². The zero-order valence-corrected chi connectivity index (χ0v) is 8.83. The number of halogens is 1. The Bertz CT molecular complexity index is 342. The molecule has 0 aromatic heterocycles. The Morgan fingerprint density at radius 2 is 2.00 bits per heavy atom. The summed E-state index contributed by atoms with van der Waals surface area (Å²) in [6.45, 7) is 0.450. The van der Waals surface area contributed by atoms with Crippen molar-refractivity contribution in [1.29, 1.82) is 0 Å². The maximum atomic E-state index is 13.2. The first-order chi connectivity index (χ1) is 7.04. The van der Waals surface area contributed by atoms with Crippen LogP contribution < -0.4 is 5.90 Å². The molecule has 0 unspecified atom stereocenters. The molecule has 4 nitrogen and oxygen atoms in total. The Morgan fingerprint density at radius 3 is 2.53 bits per heavy atom. The van der Waals surface area contributed by atoms with Crippen LogP contribution in [-0.4, -0.2) is 24.1 Å². The molecule has 0 saturated carbocycles. The van der Waals surface area contributed by atoms with E-state index in [9.17, 15) is 9.50 Å². The Labute approximate surface area is 88.0 Å². The summed E-state index contributed by atoms with van der Waals surface area (Å²) in [6, 6.07) is 2.51. The zero-order chi connectivity index (χ0) is 11.4. The average molecular weight is 214 g/mol. The van der Waals surface area contributed by atoms with Gasteiger partial charge in [-0.15, -0.1) is 0 Å². The van der Waals surface area contributed by atoms with Crippen molar-refractivity contribution in [2.24, 2.45) is 5.90 Å². The number of phenolic OH excluding ortho intramolecular Hbond substituents is 1. The summed E-state index contributed by atoms with van der Waals surface area (Å²) in [5.74, 6) is 4.52. The van der Waals surface area contributed by atoms with Gasteiger partial charge in [-0.25, -0.2) is 10.3 Å². The molecule has 0 fully saturated rings.